The van der Waals surface area contributed by atoms with Gasteiger partial charge in [0.15, 0.2) is 5.82 Å². The Morgan fingerprint density at radius 2 is 2.30 bits per heavy atom. The predicted octanol–water partition coefficient (Wildman–Crippen LogP) is -0.508. The third-order valence-corrected chi connectivity index (χ3v) is 1.26. The molecule has 0 saturated carbocycles. The number of hydrogen-bond acceptors (Lipinski definition) is 4. The van der Waals surface area contributed by atoms with Crippen molar-refractivity contribution < 1.29 is 0 Å². The van der Waals surface area contributed by atoms with E-state index in [0.29, 0.717) is 5.82 Å². The fraction of sp³-hybridized carbons (Fsp3) is 0. The van der Waals surface area contributed by atoms with E-state index in [1.54, 1.807) is 12.4 Å². The number of hydrogen-bond donors (Lipinski definition) is 1. The molecule has 50 valence electrons. The van der Waals surface area contributed by atoms with Crippen LogP contribution in [0.2, 0.25) is 0 Å². The normalized spacial score (nSPS) is 10.4. The van der Waals surface area contributed by atoms with Gasteiger partial charge in [-0.15, -0.1) is 5.10 Å². The van der Waals surface area contributed by atoms with Crippen molar-refractivity contribution in [1.29, 1.82) is 0 Å². The zero-order chi connectivity index (χ0) is 6.97. The van der Waals surface area contributed by atoms with Crippen LogP contribution in [0.1, 0.15) is 0 Å². The molecule has 2 N–H and O–H groups in total. The molecule has 2 rings (SSSR count). The lowest BCUT2D eigenvalue weighted by Gasteiger charge is -1.99. The van der Waals surface area contributed by atoms with Crippen molar-refractivity contribution in [3.05, 3.63) is 18.7 Å². The number of nitrogen functional groups attached to an aromatic ring is 1. The highest BCUT2D eigenvalue weighted by atomic mass is 15.4. The number of aromatic nitrogens is 4. The molecule has 0 aromatic heterocycles. The maximum Gasteiger partial charge on any atom is 0.185 e. The number of nitrogens with zero attached hydrogens (tertiary/aromatic N) is 4. The summed E-state index contributed by atoms with van der Waals surface area (Å²) in [6, 6.07) is 0. The van der Waals surface area contributed by atoms with Crippen LogP contribution in [-0.4, -0.2) is 19.9 Å². The Labute approximate surface area is 56.8 Å². The van der Waals surface area contributed by atoms with Crippen LogP contribution in [-0.2, 0) is 0 Å². The molecule has 2 aliphatic rings. The minimum absolute atomic E-state index is 0.648. The predicted molar refractivity (Wildman–Crippen MR) is 34.6 cm³/mol. The van der Waals surface area contributed by atoms with Crippen molar-refractivity contribution in [3.63, 3.8) is 0 Å². The van der Waals surface area contributed by atoms with E-state index in [1.165, 1.54) is 11.0 Å². The fourth-order valence-electron chi connectivity index (χ4n) is 0.793. The molecular formula is C5H5N5. The molecule has 0 fully saturated rings. The zero-order valence-corrected chi connectivity index (χ0v) is 5.10. The molecule has 0 bridgehead atoms. The Morgan fingerprint density at radius 1 is 1.40 bits per heavy atom. The van der Waals surface area contributed by atoms with Crippen molar-refractivity contribution >= 4 is 0 Å². The van der Waals surface area contributed by atoms with E-state index < -0.39 is 0 Å². The van der Waals surface area contributed by atoms with Crippen LogP contribution in [0, 0.1) is 0 Å². The Bertz CT molecular complexity index is 314. The quantitative estimate of drug-likeness (QED) is 0.494. The molecule has 2 heterocycles. The van der Waals surface area contributed by atoms with E-state index >= 15 is 0 Å². The Kier molecular flexibility index (Phi) is 0.858. The monoisotopic (exact) mass is 135 g/mol. The van der Waals surface area contributed by atoms with Crippen molar-refractivity contribution in [2.75, 3.05) is 5.84 Å². The molecule has 0 radical (unpaired) electrons. The van der Waals surface area contributed by atoms with Gasteiger partial charge in [-0.3, -0.25) is 0 Å². The van der Waals surface area contributed by atoms with Gasteiger partial charge in [0.25, 0.3) is 0 Å². The van der Waals surface area contributed by atoms with Gasteiger partial charge in [-0.1, -0.05) is 0 Å². The van der Waals surface area contributed by atoms with E-state index in [0.717, 1.165) is 5.56 Å². The highest BCUT2D eigenvalue weighted by molar-refractivity contribution is 5.52. The molecule has 5 heteroatoms. The molecule has 0 aromatic rings. The summed E-state index contributed by atoms with van der Waals surface area (Å²) < 4.78 is 1.34. The van der Waals surface area contributed by atoms with Crippen LogP contribution in [0.4, 0.5) is 0 Å². The van der Waals surface area contributed by atoms with Crippen LogP contribution in [0.25, 0.3) is 11.4 Å². The smallest absolute Gasteiger partial charge is 0.185 e. The summed E-state index contributed by atoms with van der Waals surface area (Å²) in [5, 5.41) is 7.44. The van der Waals surface area contributed by atoms with Crippen molar-refractivity contribution in [3.8, 4) is 11.4 Å². The summed E-state index contributed by atoms with van der Waals surface area (Å²) in [4.78, 5) is 3.84. The highest BCUT2D eigenvalue weighted by Crippen LogP contribution is 2.12. The lowest BCUT2D eigenvalue weighted by Crippen LogP contribution is -2.12. The van der Waals surface area contributed by atoms with Crippen LogP contribution in [0.3, 0.4) is 0 Å². The van der Waals surface area contributed by atoms with Gasteiger partial charge in [-0.2, -0.15) is 5.10 Å². The molecule has 0 aromatic carbocycles. The van der Waals surface area contributed by atoms with Gasteiger partial charge in [-0.05, 0) is 0 Å². The second kappa shape index (κ2) is 1.66. The van der Waals surface area contributed by atoms with Gasteiger partial charge in [0, 0.05) is 6.20 Å². The van der Waals surface area contributed by atoms with Gasteiger partial charge in [0.2, 0.25) is 0 Å². The summed E-state index contributed by atoms with van der Waals surface area (Å²) in [5.41, 5.74) is 0.852. The molecule has 0 spiro atoms. The topological polar surface area (TPSA) is 69.6 Å². The summed E-state index contributed by atoms with van der Waals surface area (Å²) in [6.45, 7) is 0. The van der Waals surface area contributed by atoms with Gasteiger partial charge < -0.3 is 5.84 Å². The van der Waals surface area contributed by atoms with E-state index in [4.69, 9.17) is 5.84 Å². The van der Waals surface area contributed by atoms with Gasteiger partial charge in [0.05, 0.1) is 11.8 Å². The van der Waals surface area contributed by atoms with Gasteiger partial charge >= 0.3 is 0 Å². The average molecular weight is 135 g/mol. The minimum atomic E-state index is 0.648. The Hall–Kier alpha value is -1.65. The molecule has 0 unspecified atom stereocenters. The first-order valence-electron chi connectivity index (χ1n) is 2.77. The second-order valence-electron chi connectivity index (χ2n) is 1.92. The molecule has 10 heavy (non-hydrogen) atoms. The van der Waals surface area contributed by atoms with Crippen molar-refractivity contribution in [2.24, 2.45) is 0 Å². The second-order valence-corrected chi connectivity index (χ2v) is 1.92. The van der Waals surface area contributed by atoms with Crippen LogP contribution in [0.15, 0.2) is 18.7 Å². The molecule has 2 aliphatic heterocycles. The molecule has 0 aliphatic carbocycles. The summed E-state index contributed by atoms with van der Waals surface area (Å²) >= 11 is 0. The first-order chi connectivity index (χ1) is 4.88. The van der Waals surface area contributed by atoms with Crippen molar-refractivity contribution in [2.45, 2.75) is 0 Å². The highest BCUT2D eigenvalue weighted by Gasteiger charge is 2.05. The number of rotatable bonds is 0. The average Bonchev–Trinajstić information content (AvgIpc) is 2.36. The molecule has 0 amide bonds. The molecular weight excluding hydrogens is 130 g/mol. The van der Waals surface area contributed by atoms with Crippen LogP contribution >= 0.6 is 0 Å². The molecule has 5 nitrogen and oxygen atoms in total. The lowest BCUT2D eigenvalue weighted by atomic mass is 10.3. The lowest BCUT2D eigenvalue weighted by molar-refractivity contribution is 0.899. The maximum absolute atomic E-state index is 5.45. The fourth-order valence-corrected chi connectivity index (χ4v) is 0.793. The third kappa shape index (κ3) is 0.540. The third-order valence-electron chi connectivity index (χ3n) is 1.26. The standard InChI is InChI=1S/C5H5N5/c6-10-3-7-1-4-2-8-9-5(4)10/h1-3H,6H2. The van der Waals surface area contributed by atoms with Crippen LogP contribution in [0.5, 0.6) is 0 Å². The SMILES string of the molecule is Nn1cncc2cnnc1-2. The zero-order valence-electron chi connectivity index (χ0n) is 5.10. The van der Waals surface area contributed by atoms with Crippen LogP contribution < -0.4 is 5.84 Å². The Balaban J connectivity index is 2.80. The van der Waals surface area contributed by atoms with Crippen molar-refractivity contribution in [1.82, 2.24) is 19.9 Å². The molecule has 0 saturated heterocycles. The van der Waals surface area contributed by atoms with E-state index in [9.17, 15) is 0 Å². The first-order valence-corrected chi connectivity index (χ1v) is 2.77. The van der Waals surface area contributed by atoms with E-state index in [1.807, 2.05) is 0 Å². The minimum Gasteiger partial charge on any atom is -0.336 e. The maximum atomic E-state index is 5.45. The Morgan fingerprint density at radius 3 is 3.10 bits per heavy atom. The summed E-state index contributed by atoms with van der Waals surface area (Å²) in [5.74, 6) is 6.10. The van der Waals surface area contributed by atoms with E-state index in [2.05, 4.69) is 15.2 Å². The van der Waals surface area contributed by atoms with E-state index in [-0.39, 0.29) is 0 Å². The number of fused-ring (bicyclic) bond motifs is 1. The number of nitrogens with two attached hydrogens (primary N) is 1. The summed E-state index contributed by atoms with van der Waals surface area (Å²) in [7, 11) is 0. The van der Waals surface area contributed by atoms with Gasteiger partial charge in [-0.25, -0.2) is 9.66 Å². The first kappa shape index (κ1) is 5.16. The summed E-state index contributed by atoms with van der Waals surface area (Å²) in [6.07, 6.45) is 4.77. The molecule has 0 atom stereocenters. The van der Waals surface area contributed by atoms with Gasteiger partial charge in [0.1, 0.15) is 6.33 Å². The largest absolute Gasteiger partial charge is 0.336 e.